The van der Waals surface area contributed by atoms with Crippen LogP contribution in [0.15, 0.2) is 70.7 Å². The molecule has 1 heterocycles. The number of unbranched alkanes of at least 4 members (excludes halogenated alkanes) is 1. The molecule has 38 heavy (non-hydrogen) atoms. The Hall–Kier alpha value is -3.91. The topological polar surface area (TPSA) is 84.9 Å². The van der Waals surface area contributed by atoms with Crippen LogP contribution in [0.25, 0.3) is 6.08 Å². The van der Waals surface area contributed by atoms with Crippen molar-refractivity contribution < 1.29 is 23.9 Å². The summed E-state index contributed by atoms with van der Waals surface area (Å²) >= 11 is 3.45. The van der Waals surface area contributed by atoms with Crippen LogP contribution in [0, 0.1) is 13.8 Å². The predicted octanol–water partition coefficient (Wildman–Crippen LogP) is 6.49. The van der Waals surface area contributed by atoms with E-state index in [9.17, 15) is 14.4 Å². The number of carbonyl (C=O) groups excluding carboxylic acids is 3. The Morgan fingerprint density at radius 3 is 2.32 bits per heavy atom. The fourth-order valence-corrected chi connectivity index (χ4v) is 4.53. The normalized spacial score (nSPS) is 14.6. The molecule has 0 spiro atoms. The number of carbonyl (C=O) groups is 3. The molecule has 1 aliphatic rings. The monoisotopic (exact) mass is 576 g/mol. The molecule has 3 aromatic rings. The van der Waals surface area contributed by atoms with E-state index in [4.69, 9.17) is 9.47 Å². The molecule has 1 saturated heterocycles. The number of rotatable bonds is 9. The number of nitrogens with zero attached hydrogens (tertiary/aromatic N) is 1. The third-order valence-corrected chi connectivity index (χ3v) is 6.40. The van der Waals surface area contributed by atoms with Crippen molar-refractivity contribution in [2.45, 2.75) is 40.2 Å². The summed E-state index contributed by atoms with van der Waals surface area (Å²) < 4.78 is 12.5. The van der Waals surface area contributed by atoms with Crippen LogP contribution in [0.5, 0.6) is 11.5 Å². The molecule has 0 bridgehead atoms. The molecule has 196 valence electrons. The van der Waals surface area contributed by atoms with E-state index in [1.165, 1.54) is 6.08 Å². The molecular weight excluding hydrogens is 548 g/mol. The molecular formula is C30H29BrN2O5. The highest BCUT2D eigenvalue weighted by atomic mass is 79.9. The van der Waals surface area contributed by atoms with Crippen molar-refractivity contribution in [1.29, 1.82) is 0 Å². The lowest BCUT2D eigenvalue weighted by atomic mass is 10.1. The van der Waals surface area contributed by atoms with E-state index in [-0.39, 0.29) is 5.57 Å². The lowest BCUT2D eigenvalue weighted by Gasteiger charge is -2.26. The maximum absolute atomic E-state index is 13.4. The molecule has 0 saturated carbocycles. The number of benzene rings is 3. The highest BCUT2D eigenvalue weighted by molar-refractivity contribution is 9.10. The molecule has 1 fully saturated rings. The predicted molar refractivity (Wildman–Crippen MR) is 150 cm³/mol. The van der Waals surface area contributed by atoms with E-state index >= 15 is 0 Å². The summed E-state index contributed by atoms with van der Waals surface area (Å²) in [7, 11) is 0. The largest absolute Gasteiger partial charge is 0.494 e. The molecule has 1 N–H and O–H groups in total. The van der Waals surface area contributed by atoms with Crippen molar-refractivity contribution in [3.63, 3.8) is 0 Å². The summed E-state index contributed by atoms with van der Waals surface area (Å²) in [6.07, 6.45) is 3.39. The first-order chi connectivity index (χ1) is 18.2. The zero-order valence-electron chi connectivity index (χ0n) is 21.5. The number of aryl methyl sites for hydroxylation is 2. The standard InChI is InChI=1S/C30H29BrN2O5/c1-4-5-12-37-25-9-7-24(8-10-25)33-29(35)26(28(34)32-30(33)36)17-22-16-23(31)6-11-27(22)38-18-21-14-19(2)13-20(3)15-21/h6-11,13-17H,4-5,12,18H2,1-3H3,(H,32,34,36)/b26-17-. The van der Waals surface area contributed by atoms with Crippen LogP contribution in [0.2, 0.25) is 0 Å². The van der Waals surface area contributed by atoms with Gasteiger partial charge in [0.2, 0.25) is 0 Å². The van der Waals surface area contributed by atoms with Crippen LogP contribution in [-0.2, 0) is 16.2 Å². The molecule has 4 amide bonds. The van der Waals surface area contributed by atoms with Crippen LogP contribution in [0.3, 0.4) is 0 Å². The van der Waals surface area contributed by atoms with Crippen molar-refractivity contribution in [3.8, 4) is 11.5 Å². The van der Waals surface area contributed by atoms with Gasteiger partial charge in [-0.05, 0) is 74.4 Å². The summed E-state index contributed by atoms with van der Waals surface area (Å²) in [6.45, 7) is 7.03. The minimum absolute atomic E-state index is 0.178. The van der Waals surface area contributed by atoms with Gasteiger partial charge in [0.25, 0.3) is 11.8 Å². The lowest BCUT2D eigenvalue weighted by Crippen LogP contribution is -2.54. The van der Waals surface area contributed by atoms with Gasteiger partial charge in [0, 0.05) is 10.0 Å². The fraction of sp³-hybridized carbons (Fsp3) is 0.233. The average Bonchev–Trinajstić information content (AvgIpc) is 2.86. The van der Waals surface area contributed by atoms with Gasteiger partial charge in [0.05, 0.1) is 12.3 Å². The molecule has 1 aliphatic heterocycles. The van der Waals surface area contributed by atoms with Crippen LogP contribution in [0.4, 0.5) is 10.5 Å². The number of halogens is 1. The zero-order valence-corrected chi connectivity index (χ0v) is 23.1. The van der Waals surface area contributed by atoms with Gasteiger partial charge in [-0.2, -0.15) is 0 Å². The van der Waals surface area contributed by atoms with Crippen LogP contribution in [-0.4, -0.2) is 24.5 Å². The number of urea groups is 1. The van der Waals surface area contributed by atoms with E-state index in [0.29, 0.717) is 36.0 Å². The molecule has 0 aliphatic carbocycles. The number of hydrogen-bond acceptors (Lipinski definition) is 5. The smallest absolute Gasteiger partial charge is 0.335 e. The quantitative estimate of drug-likeness (QED) is 0.179. The molecule has 3 aromatic carbocycles. The van der Waals surface area contributed by atoms with Gasteiger partial charge < -0.3 is 9.47 Å². The molecule has 0 radical (unpaired) electrons. The molecule has 4 rings (SSSR count). The molecule has 0 aromatic heterocycles. The second kappa shape index (κ2) is 12.1. The van der Waals surface area contributed by atoms with Gasteiger partial charge in [-0.25, -0.2) is 9.69 Å². The number of amides is 4. The van der Waals surface area contributed by atoms with Crippen molar-refractivity contribution in [2.75, 3.05) is 11.5 Å². The Morgan fingerprint density at radius 1 is 0.921 bits per heavy atom. The van der Waals surface area contributed by atoms with Gasteiger partial charge in [0.1, 0.15) is 23.7 Å². The average molecular weight is 577 g/mol. The fourth-order valence-electron chi connectivity index (χ4n) is 4.15. The highest BCUT2D eigenvalue weighted by Gasteiger charge is 2.37. The van der Waals surface area contributed by atoms with E-state index < -0.39 is 17.8 Å². The Labute approximate surface area is 230 Å². The summed E-state index contributed by atoms with van der Waals surface area (Å²) in [5, 5.41) is 2.26. The Morgan fingerprint density at radius 2 is 1.63 bits per heavy atom. The first kappa shape index (κ1) is 27.1. The Kier molecular flexibility index (Phi) is 8.63. The van der Waals surface area contributed by atoms with Gasteiger partial charge in [-0.1, -0.05) is 58.6 Å². The van der Waals surface area contributed by atoms with Crippen molar-refractivity contribution in [2.24, 2.45) is 0 Å². The number of hydrogen-bond donors (Lipinski definition) is 1. The first-order valence-corrected chi connectivity index (χ1v) is 13.2. The van der Waals surface area contributed by atoms with Crippen LogP contribution >= 0.6 is 15.9 Å². The Balaban J connectivity index is 1.60. The molecule has 0 atom stereocenters. The van der Waals surface area contributed by atoms with Gasteiger partial charge in [0.15, 0.2) is 0 Å². The highest BCUT2D eigenvalue weighted by Crippen LogP contribution is 2.29. The minimum atomic E-state index is -0.808. The molecule has 7 nitrogen and oxygen atoms in total. The molecule has 0 unspecified atom stereocenters. The van der Waals surface area contributed by atoms with Crippen LogP contribution < -0.4 is 19.7 Å². The van der Waals surface area contributed by atoms with Crippen LogP contribution in [0.1, 0.15) is 42.0 Å². The zero-order chi connectivity index (χ0) is 27.2. The number of nitrogens with one attached hydrogen (secondary N) is 1. The van der Waals surface area contributed by atoms with Gasteiger partial charge >= 0.3 is 6.03 Å². The Bertz CT molecular complexity index is 1380. The summed E-state index contributed by atoms with van der Waals surface area (Å²) in [4.78, 5) is 39.7. The van der Waals surface area contributed by atoms with Crippen molar-refractivity contribution in [1.82, 2.24) is 5.32 Å². The molecule has 8 heteroatoms. The summed E-state index contributed by atoms with van der Waals surface area (Å²) in [5.74, 6) is -0.356. The van der Waals surface area contributed by atoms with E-state index in [1.54, 1.807) is 36.4 Å². The van der Waals surface area contributed by atoms with E-state index in [0.717, 1.165) is 38.9 Å². The van der Waals surface area contributed by atoms with Crippen molar-refractivity contribution >= 4 is 45.5 Å². The van der Waals surface area contributed by atoms with Gasteiger partial charge in [-0.3, -0.25) is 14.9 Å². The van der Waals surface area contributed by atoms with E-state index in [2.05, 4.69) is 34.2 Å². The minimum Gasteiger partial charge on any atom is -0.494 e. The number of anilines is 1. The summed E-state index contributed by atoms with van der Waals surface area (Å²) in [5.41, 5.74) is 3.95. The second-order valence-corrected chi connectivity index (χ2v) is 10.0. The second-order valence-electron chi connectivity index (χ2n) is 9.12. The number of barbiturate groups is 1. The first-order valence-electron chi connectivity index (χ1n) is 12.4. The summed E-state index contributed by atoms with van der Waals surface area (Å²) in [6, 6.07) is 17.3. The number of imide groups is 2. The third kappa shape index (κ3) is 6.50. The lowest BCUT2D eigenvalue weighted by molar-refractivity contribution is -0.122. The van der Waals surface area contributed by atoms with Crippen molar-refractivity contribution in [3.05, 3.63) is 93.0 Å². The van der Waals surface area contributed by atoms with E-state index in [1.807, 2.05) is 32.0 Å². The SMILES string of the molecule is CCCCOc1ccc(N2C(=O)NC(=O)/C(=C/c3cc(Br)ccc3OCc3cc(C)cc(C)c3)C2=O)cc1. The maximum atomic E-state index is 13.4. The maximum Gasteiger partial charge on any atom is 0.335 e. The third-order valence-electron chi connectivity index (χ3n) is 5.91. The van der Waals surface area contributed by atoms with Gasteiger partial charge in [-0.15, -0.1) is 0 Å². The number of ether oxygens (including phenoxy) is 2.